The van der Waals surface area contributed by atoms with Crippen molar-refractivity contribution in [2.75, 3.05) is 38.2 Å². The molecule has 0 aliphatic carbocycles. The summed E-state index contributed by atoms with van der Waals surface area (Å²) in [4.78, 5) is 29.3. The van der Waals surface area contributed by atoms with Crippen molar-refractivity contribution in [3.63, 3.8) is 0 Å². The van der Waals surface area contributed by atoms with Crippen LogP contribution in [0.4, 0.5) is 5.69 Å². The van der Waals surface area contributed by atoms with Gasteiger partial charge in [0.25, 0.3) is 5.56 Å². The average molecular weight is 366 g/mol. The van der Waals surface area contributed by atoms with Crippen LogP contribution < -0.4 is 15.2 Å². The summed E-state index contributed by atoms with van der Waals surface area (Å²) in [5.74, 6) is 0.595. The molecule has 0 N–H and O–H groups in total. The molecule has 0 radical (unpaired) electrons. The van der Waals surface area contributed by atoms with Gasteiger partial charge in [-0.2, -0.15) is 0 Å². The minimum atomic E-state index is -0.0223. The number of nitrogens with zero attached hydrogens (tertiary/aromatic N) is 6. The fourth-order valence-electron chi connectivity index (χ4n) is 3.36. The molecule has 3 aromatic rings. The van der Waals surface area contributed by atoms with E-state index in [9.17, 15) is 4.79 Å². The lowest BCUT2D eigenvalue weighted by Crippen LogP contribution is -2.46. The fraction of sp³-hybridized carbons (Fsp3) is 0.368. The van der Waals surface area contributed by atoms with Crippen molar-refractivity contribution >= 4 is 16.6 Å². The van der Waals surface area contributed by atoms with Gasteiger partial charge in [0, 0.05) is 51.5 Å². The fourth-order valence-corrected chi connectivity index (χ4v) is 3.36. The summed E-state index contributed by atoms with van der Waals surface area (Å²) >= 11 is 0. The van der Waals surface area contributed by atoms with Crippen LogP contribution in [0.3, 0.4) is 0 Å². The van der Waals surface area contributed by atoms with E-state index in [1.54, 1.807) is 26.6 Å². The molecule has 8 nitrogen and oxygen atoms in total. The number of fused-ring (bicyclic) bond motifs is 1. The predicted octanol–water partition coefficient (Wildman–Crippen LogP) is 1.05. The molecule has 1 aliphatic rings. The molecule has 1 aromatic carbocycles. The number of hydrogen-bond donors (Lipinski definition) is 0. The summed E-state index contributed by atoms with van der Waals surface area (Å²) in [5, 5.41) is 0.921. The molecule has 1 aliphatic heterocycles. The lowest BCUT2D eigenvalue weighted by molar-refractivity contribution is 0.246. The Morgan fingerprint density at radius 2 is 1.89 bits per heavy atom. The number of anilines is 1. The van der Waals surface area contributed by atoms with Gasteiger partial charge in [0.2, 0.25) is 5.88 Å². The topological polar surface area (TPSA) is 76.4 Å². The normalized spacial score (nSPS) is 15.3. The molecule has 0 bridgehead atoms. The third-order valence-electron chi connectivity index (χ3n) is 4.93. The van der Waals surface area contributed by atoms with E-state index in [1.807, 2.05) is 6.07 Å². The molecular weight excluding hydrogens is 344 g/mol. The van der Waals surface area contributed by atoms with Crippen molar-refractivity contribution in [3.05, 3.63) is 53.0 Å². The van der Waals surface area contributed by atoms with Gasteiger partial charge in [0.1, 0.15) is 6.33 Å². The predicted molar refractivity (Wildman–Crippen MR) is 103 cm³/mol. The number of rotatable bonds is 4. The van der Waals surface area contributed by atoms with Crippen molar-refractivity contribution in [1.29, 1.82) is 0 Å². The van der Waals surface area contributed by atoms with Crippen molar-refractivity contribution in [3.8, 4) is 5.88 Å². The van der Waals surface area contributed by atoms with Gasteiger partial charge < -0.3 is 14.2 Å². The number of ether oxygens (including phenoxy) is 1. The Balaban J connectivity index is 1.45. The Labute approximate surface area is 157 Å². The first-order valence-electron chi connectivity index (χ1n) is 8.91. The molecule has 0 amide bonds. The number of benzene rings is 1. The van der Waals surface area contributed by atoms with Gasteiger partial charge in [0.05, 0.1) is 30.0 Å². The van der Waals surface area contributed by atoms with E-state index >= 15 is 0 Å². The summed E-state index contributed by atoms with van der Waals surface area (Å²) in [5.41, 5.74) is 2.81. The smallest absolute Gasteiger partial charge is 0.253 e. The lowest BCUT2D eigenvalue weighted by atomic mass is 10.2. The quantitative estimate of drug-likeness (QED) is 0.683. The van der Waals surface area contributed by atoms with Crippen molar-refractivity contribution in [2.24, 2.45) is 7.05 Å². The van der Waals surface area contributed by atoms with E-state index < -0.39 is 0 Å². The maximum Gasteiger partial charge on any atom is 0.253 e. The summed E-state index contributed by atoms with van der Waals surface area (Å²) < 4.78 is 6.84. The third-order valence-corrected chi connectivity index (χ3v) is 4.93. The standard InChI is InChI=1S/C19H22N6O2/c1-23-13-22-14(9-18(23)26)11-24-5-7-25(8-6-24)15-3-4-17-16(10-15)19(27-2)21-12-20-17/h3-4,9-10,12-13H,5-8,11H2,1-2H3. The van der Waals surface area contributed by atoms with Crippen LogP contribution in [0.2, 0.25) is 0 Å². The van der Waals surface area contributed by atoms with Gasteiger partial charge in [-0.3, -0.25) is 9.69 Å². The van der Waals surface area contributed by atoms with Crippen LogP contribution in [0.25, 0.3) is 10.9 Å². The Bertz CT molecular complexity index is 1010. The highest BCUT2D eigenvalue weighted by Gasteiger charge is 2.19. The minimum Gasteiger partial charge on any atom is -0.480 e. The number of aromatic nitrogens is 4. The third kappa shape index (κ3) is 3.61. The van der Waals surface area contributed by atoms with Gasteiger partial charge in [-0.05, 0) is 18.2 Å². The Hall–Kier alpha value is -3.00. The Morgan fingerprint density at radius 1 is 1.07 bits per heavy atom. The molecule has 27 heavy (non-hydrogen) atoms. The van der Waals surface area contributed by atoms with Crippen LogP contribution in [-0.2, 0) is 13.6 Å². The highest BCUT2D eigenvalue weighted by molar-refractivity contribution is 5.86. The molecule has 1 fully saturated rings. The van der Waals surface area contributed by atoms with E-state index in [-0.39, 0.29) is 5.56 Å². The van der Waals surface area contributed by atoms with Gasteiger partial charge in [-0.15, -0.1) is 0 Å². The molecule has 1 saturated heterocycles. The first-order valence-corrected chi connectivity index (χ1v) is 8.91. The maximum absolute atomic E-state index is 11.8. The molecule has 0 spiro atoms. The molecule has 140 valence electrons. The van der Waals surface area contributed by atoms with Crippen LogP contribution in [0.1, 0.15) is 5.69 Å². The molecule has 0 atom stereocenters. The number of hydrogen-bond acceptors (Lipinski definition) is 7. The largest absolute Gasteiger partial charge is 0.480 e. The second-order valence-electron chi connectivity index (χ2n) is 6.68. The van der Waals surface area contributed by atoms with E-state index in [0.29, 0.717) is 12.4 Å². The SMILES string of the molecule is COc1ncnc2ccc(N3CCN(Cc4cc(=O)n(C)cn4)CC3)cc12. The zero-order chi connectivity index (χ0) is 18.8. The highest BCUT2D eigenvalue weighted by atomic mass is 16.5. The summed E-state index contributed by atoms with van der Waals surface area (Å²) in [6.45, 7) is 4.34. The van der Waals surface area contributed by atoms with Crippen LogP contribution in [-0.4, -0.2) is 57.7 Å². The first-order chi connectivity index (χ1) is 13.1. The van der Waals surface area contributed by atoms with E-state index in [1.165, 1.54) is 10.9 Å². The van der Waals surface area contributed by atoms with Gasteiger partial charge in [-0.1, -0.05) is 0 Å². The Kier molecular flexibility index (Phi) is 4.72. The van der Waals surface area contributed by atoms with Crippen molar-refractivity contribution < 1.29 is 4.74 Å². The van der Waals surface area contributed by atoms with E-state index in [0.717, 1.165) is 48.5 Å². The zero-order valence-corrected chi connectivity index (χ0v) is 15.5. The van der Waals surface area contributed by atoms with Gasteiger partial charge in [0.15, 0.2) is 0 Å². The molecular formula is C19H22N6O2. The molecule has 0 saturated carbocycles. The summed E-state index contributed by atoms with van der Waals surface area (Å²) in [6, 6.07) is 7.80. The highest BCUT2D eigenvalue weighted by Crippen LogP contribution is 2.27. The summed E-state index contributed by atoms with van der Waals surface area (Å²) in [6.07, 6.45) is 3.10. The van der Waals surface area contributed by atoms with Crippen LogP contribution in [0.5, 0.6) is 5.88 Å². The van der Waals surface area contributed by atoms with Gasteiger partial charge >= 0.3 is 0 Å². The number of piperazine rings is 1. The number of methoxy groups -OCH3 is 1. The van der Waals surface area contributed by atoms with Crippen molar-refractivity contribution in [2.45, 2.75) is 6.54 Å². The van der Waals surface area contributed by atoms with Crippen LogP contribution in [0, 0.1) is 0 Å². The second-order valence-corrected chi connectivity index (χ2v) is 6.68. The molecule has 3 heterocycles. The van der Waals surface area contributed by atoms with E-state index in [4.69, 9.17) is 4.74 Å². The first kappa shape index (κ1) is 17.4. The molecule has 0 unspecified atom stereocenters. The summed E-state index contributed by atoms with van der Waals surface area (Å²) in [7, 11) is 3.33. The Morgan fingerprint density at radius 3 is 2.63 bits per heavy atom. The second kappa shape index (κ2) is 7.32. The zero-order valence-electron chi connectivity index (χ0n) is 15.5. The molecule has 4 rings (SSSR count). The maximum atomic E-state index is 11.8. The van der Waals surface area contributed by atoms with Crippen LogP contribution in [0.15, 0.2) is 41.7 Å². The van der Waals surface area contributed by atoms with Gasteiger partial charge in [-0.25, -0.2) is 15.0 Å². The van der Waals surface area contributed by atoms with Crippen molar-refractivity contribution in [1.82, 2.24) is 24.4 Å². The average Bonchev–Trinajstić information content (AvgIpc) is 2.70. The van der Waals surface area contributed by atoms with Crippen LogP contribution >= 0.6 is 0 Å². The minimum absolute atomic E-state index is 0.0223. The van der Waals surface area contributed by atoms with E-state index in [2.05, 4.69) is 36.9 Å². The lowest BCUT2D eigenvalue weighted by Gasteiger charge is -2.36. The number of aryl methyl sites for hydroxylation is 1. The molecule has 8 heteroatoms. The monoisotopic (exact) mass is 366 g/mol. The molecule has 2 aromatic heterocycles.